The molecule has 1 aliphatic rings. The van der Waals surface area contributed by atoms with Crippen molar-refractivity contribution >= 4 is 29.6 Å². The normalized spacial score (nSPS) is 17.3. The van der Waals surface area contributed by atoms with Crippen LogP contribution in [0.15, 0.2) is 24.3 Å². The molecule has 10 N–H and O–H groups in total. The number of primary amides is 1. The Morgan fingerprint density at radius 1 is 1.03 bits per heavy atom. The molecule has 1 aromatic rings. The van der Waals surface area contributed by atoms with E-state index in [4.69, 9.17) is 17.2 Å². The van der Waals surface area contributed by atoms with Crippen molar-refractivity contribution in [3.63, 3.8) is 0 Å². The molecule has 2 rings (SSSR count). The summed E-state index contributed by atoms with van der Waals surface area (Å²) in [4.78, 5) is 63.6. The number of aliphatic carboxylic acids is 1. The van der Waals surface area contributed by atoms with Crippen LogP contribution in [0.1, 0.15) is 50.5 Å². The van der Waals surface area contributed by atoms with Crippen LogP contribution in [0, 0.1) is 0 Å². The highest BCUT2D eigenvalue weighted by atomic mass is 16.4. The molecule has 0 spiro atoms. The molecule has 38 heavy (non-hydrogen) atoms. The number of phenolic OH excluding ortho intramolecular Hbond substituents is 1. The average Bonchev–Trinajstić information content (AvgIpc) is 3.37. The predicted octanol–water partition coefficient (Wildman–Crippen LogP) is -1.30. The zero-order chi connectivity index (χ0) is 28.2. The van der Waals surface area contributed by atoms with Gasteiger partial charge in [-0.2, -0.15) is 0 Å². The van der Waals surface area contributed by atoms with E-state index in [9.17, 15) is 34.2 Å². The summed E-state index contributed by atoms with van der Waals surface area (Å²) in [7, 11) is 0. The lowest BCUT2D eigenvalue weighted by Gasteiger charge is -2.30. The maximum atomic E-state index is 13.4. The molecule has 0 aliphatic carbocycles. The van der Waals surface area contributed by atoms with Gasteiger partial charge in [0.2, 0.25) is 23.6 Å². The van der Waals surface area contributed by atoms with Crippen LogP contribution in [0.2, 0.25) is 0 Å². The smallest absolute Gasteiger partial charge is 0.326 e. The third-order valence-corrected chi connectivity index (χ3v) is 6.43. The van der Waals surface area contributed by atoms with Crippen molar-refractivity contribution in [3.05, 3.63) is 29.8 Å². The maximum Gasteiger partial charge on any atom is 0.326 e. The number of hydrogen-bond donors (Lipinski definition) is 7. The molecule has 1 fully saturated rings. The molecular weight excluding hydrogens is 496 g/mol. The van der Waals surface area contributed by atoms with Gasteiger partial charge in [0.25, 0.3) is 0 Å². The van der Waals surface area contributed by atoms with E-state index in [2.05, 4.69) is 10.6 Å². The van der Waals surface area contributed by atoms with Gasteiger partial charge in [0.15, 0.2) is 0 Å². The molecule has 0 aromatic heterocycles. The Morgan fingerprint density at radius 3 is 2.32 bits per heavy atom. The maximum absolute atomic E-state index is 13.4. The number of likely N-dealkylation sites (tertiary alicyclic amines) is 1. The number of rotatable bonds is 15. The molecule has 13 nitrogen and oxygen atoms in total. The van der Waals surface area contributed by atoms with Gasteiger partial charge in [-0.1, -0.05) is 18.6 Å². The number of nitrogens with zero attached hydrogens (tertiary/aromatic N) is 1. The second-order valence-corrected chi connectivity index (χ2v) is 9.42. The van der Waals surface area contributed by atoms with Crippen LogP contribution < -0.4 is 27.8 Å². The molecule has 0 radical (unpaired) electrons. The summed E-state index contributed by atoms with van der Waals surface area (Å²) in [6, 6.07) is 1.72. The topological polar surface area (TPSA) is 231 Å². The fraction of sp³-hybridized carbons (Fsp3) is 0.560. The molecule has 1 heterocycles. The van der Waals surface area contributed by atoms with E-state index in [1.165, 1.54) is 17.0 Å². The van der Waals surface area contributed by atoms with Gasteiger partial charge in [-0.3, -0.25) is 19.2 Å². The summed E-state index contributed by atoms with van der Waals surface area (Å²) in [6.45, 7) is 0.683. The molecule has 0 saturated carbocycles. The van der Waals surface area contributed by atoms with E-state index in [-0.39, 0.29) is 31.6 Å². The number of nitrogens with one attached hydrogen (secondary N) is 2. The standard InChI is InChI=1S/C25H38N6O7/c26-12-2-1-4-17(27)22(34)29-18(10-11-21(28)33)24(36)31-13-3-5-20(31)23(35)30-19(25(37)38)14-15-6-8-16(32)9-7-15/h6-9,17-20,32H,1-5,10-14,26-27H2,(H2,28,33)(H,29,34)(H,30,35)(H,37,38). The lowest BCUT2D eigenvalue weighted by Crippen LogP contribution is -2.57. The fourth-order valence-electron chi connectivity index (χ4n) is 4.30. The van der Waals surface area contributed by atoms with Gasteiger partial charge in [-0.25, -0.2) is 4.79 Å². The van der Waals surface area contributed by atoms with Gasteiger partial charge in [0, 0.05) is 19.4 Å². The van der Waals surface area contributed by atoms with E-state index in [0.717, 1.165) is 0 Å². The Labute approximate surface area is 221 Å². The molecule has 13 heteroatoms. The molecule has 4 atom stereocenters. The third-order valence-electron chi connectivity index (χ3n) is 6.43. The Morgan fingerprint density at radius 2 is 1.71 bits per heavy atom. The van der Waals surface area contributed by atoms with Crippen LogP contribution in [0.4, 0.5) is 0 Å². The Hall–Kier alpha value is -3.71. The minimum atomic E-state index is -1.26. The van der Waals surface area contributed by atoms with Crippen molar-refractivity contribution < 1.29 is 34.2 Å². The first-order chi connectivity index (χ1) is 18.0. The van der Waals surface area contributed by atoms with E-state index in [0.29, 0.717) is 44.2 Å². The molecular formula is C25H38N6O7. The highest BCUT2D eigenvalue weighted by Gasteiger charge is 2.39. The monoisotopic (exact) mass is 534 g/mol. The van der Waals surface area contributed by atoms with Crippen molar-refractivity contribution in [1.82, 2.24) is 15.5 Å². The van der Waals surface area contributed by atoms with Crippen molar-refractivity contribution in [2.24, 2.45) is 17.2 Å². The summed E-state index contributed by atoms with van der Waals surface area (Å²) in [5.74, 6) is -3.66. The second kappa shape index (κ2) is 14.9. The first kappa shape index (κ1) is 30.5. The zero-order valence-corrected chi connectivity index (χ0v) is 21.3. The van der Waals surface area contributed by atoms with Crippen molar-refractivity contribution in [1.29, 1.82) is 0 Å². The summed E-state index contributed by atoms with van der Waals surface area (Å²) in [5, 5.41) is 24.2. The Bertz CT molecular complexity index is 987. The van der Waals surface area contributed by atoms with E-state index in [1.54, 1.807) is 12.1 Å². The Kier molecular flexibility index (Phi) is 12.0. The summed E-state index contributed by atoms with van der Waals surface area (Å²) < 4.78 is 0. The largest absolute Gasteiger partial charge is 0.508 e. The average molecular weight is 535 g/mol. The Balaban J connectivity index is 2.11. The molecule has 0 bridgehead atoms. The van der Waals surface area contributed by atoms with Crippen LogP contribution in [0.25, 0.3) is 0 Å². The zero-order valence-electron chi connectivity index (χ0n) is 21.3. The van der Waals surface area contributed by atoms with E-state index >= 15 is 0 Å². The minimum absolute atomic E-state index is 0.0264. The van der Waals surface area contributed by atoms with Crippen molar-refractivity contribution in [2.75, 3.05) is 13.1 Å². The number of carbonyl (C=O) groups excluding carboxylic acids is 4. The third kappa shape index (κ3) is 9.30. The number of carboxylic acids is 1. The fourth-order valence-corrected chi connectivity index (χ4v) is 4.30. The van der Waals surface area contributed by atoms with E-state index in [1.807, 2.05) is 0 Å². The highest BCUT2D eigenvalue weighted by molar-refractivity contribution is 5.94. The van der Waals surface area contributed by atoms with Crippen LogP contribution in [0.5, 0.6) is 5.75 Å². The van der Waals surface area contributed by atoms with Crippen molar-refractivity contribution in [2.45, 2.75) is 75.5 Å². The van der Waals surface area contributed by atoms with Gasteiger partial charge in [0.1, 0.15) is 23.9 Å². The van der Waals surface area contributed by atoms with Gasteiger partial charge in [0.05, 0.1) is 6.04 Å². The molecule has 4 unspecified atom stereocenters. The first-order valence-electron chi connectivity index (χ1n) is 12.7. The SMILES string of the molecule is NCCCCC(N)C(=O)NC(CCC(N)=O)C(=O)N1CCCC1C(=O)NC(Cc1ccc(O)cc1)C(=O)O. The number of benzene rings is 1. The summed E-state index contributed by atoms with van der Waals surface area (Å²) in [5.41, 5.74) is 17.2. The van der Waals surface area contributed by atoms with Gasteiger partial charge < -0.3 is 42.9 Å². The van der Waals surface area contributed by atoms with Crippen molar-refractivity contribution in [3.8, 4) is 5.75 Å². The minimum Gasteiger partial charge on any atom is -0.508 e. The molecule has 4 amide bonds. The number of carbonyl (C=O) groups is 5. The van der Waals surface area contributed by atoms with Crippen LogP contribution in [0.3, 0.4) is 0 Å². The quantitative estimate of drug-likeness (QED) is 0.132. The lowest BCUT2D eigenvalue weighted by atomic mass is 10.0. The highest BCUT2D eigenvalue weighted by Crippen LogP contribution is 2.20. The van der Waals surface area contributed by atoms with Gasteiger partial charge >= 0.3 is 5.97 Å². The number of carboxylic acid groups (broad SMARTS) is 1. The van der Waals surface area contributed by atoms with Crippen LogP contribution in [-0.2, 0) is 30.4 Å². The predicted molar refractivity (Wildman–Crippen MR) is 137 cm³/mol. The van der Waals surface area contributed by atoms with Crippen LogP contribution >= 0.6 is 0 Å². The lowest BCUT2D eigenvalue weighted by molar-refractivity contribution is -0.145. The number of phenols is 1. The summed E-state index contributed by atoms with van der Waals surface area (Å²) in [6.07, 6.45) is 2.23. The second-order valence-electron chi connectivity index (χ2n) is 9.42. The molecule has 1 aliphatic heterocycles. The number of amides is 4. The molecule has 1 saturated heterocycles. The van der Waals surface area contributed by atoms with Gasteiger partial charge in [-0.15, -0.1) is 0 Å². The molecule has 1 aromatic carbocycles. The van der Waals surface area contributed by atoms with Crippen LogP contribution in [-0.4, -0.2) is 82.0 Å². The summed E-state index contributed by atoms with van der Waals surface area (Å²) >= 11 is 0. The molecule has 210 valence electrons. The number of nitrogens with two attached hydrogens (primary N) is 3. The number of unbranched alkanes of at least 4 members (excludes halogenated alkanes) is 1. The first-order valence-corrected chi connectivity index (χ1v) is 12.7. The number of aromatic hydroxyl groups is 1. The van der Waals surface area contributed by atoms with E-state index < -0.39 is 53.8 Å². The number of hydrogen-bond acceptors (Lipinski definition) is 8. The van der Waals surface area contributed by atoms with Gasteiger partial charge in [-0.05, 0) is 56.3 Å².